The SMILES string of the molecule is CCCCN(C)C(=O)C1CCN(S(=O)(=O)c2ccc(OC)cc2)CC1. The van der Waals surface area contributed by atoms with Crippen LogP contribution in [-0.2, 0) is 14.8 Å². The van der Waals surface area contributed by atoms with Crippen molar-refractivity contribution < 1.29 is 17.9 Å². The maximum absolute atomic E-state index is 12.7. The molecule has 1 fully saturated rings. The maximum Gasteiger partial charge on any atom is 0.243 e. The number of hydrogen-bond acceptors (Lipinski definition) is 4. The highest BCUT2D eigenvalue weighted by Gasteiger charge is 2.33. The molecule has 0 bridgehead atoms. The molecule has 1 heterocycles. The molecule has 2 rings (SSSR count). The van der Waals surface area contributed by atoms with Crippen molar-refractivity contribution in [3.8, 4) is 5.75 Å². The first kappa shape index (κ1) is 19.7. The Kier molecular flexibility index (Phi) is 6.84. The number of rotatable bonds is 7. The van der Waals surface area contributed by atoms with E-state index in [1.54, 1.807) is 36.3 Å². The molecule has 1 aliphatic rings. The van der Waals surface area contributed by atoms with Crippen LogP contribution < -0.4 is 4.74 Å². The average Bonchev–Trinajstić information content (AvgIpc) is 2.65. The van der Waals surface area contributed by atoms with Crippen LogP contribution >= 0.6 is 0 Å². The van der Waals surface area contributed by atoms with Gasteiger partial charge in [0.05, 0.1) is 12.0 Å². The maximum atomic E-state index is 12.7. The molecule has 0 saturated carbocycles. The summed E-state index contributed by atoms with van der Waals surface area (Å²) in [7, 11) is -0.141. The monoisotopic (exact) mass is 368 g/mol. The lowest BCUT2D eigenvalue weighted by Gasteiger charge is -2.32. The lowest BCUT2D eigenvalue weighted by atomic mass is 9.96. The second-order valence-corrected chi connectivity index (χ2v) is 8.41. The molecule has 0 spiro atoms. The zero-order chi connectivity index (χ0) is 18.4. The fraction of sp³-hybridized carbons (Fsp3) is 0.611. The molecule has 1 aliphatic heterocycles. The van der Waals surface area contributed by atoms with Gasteiger partial charge in [-0.15, -0.1) is 0 Å². The van der Waals surface area contributed by atoms with Gasteiger partial charge in [-0.3, -0.25) is 4.79 Å². The summed E-state index contributed by atoms with van der Waals surface area (Å²) in [6.07, 6.45) is 3.19. The number of methoxy groups -OCH3 is 1. The highest BCUT2D eigenvalue weighted by atomic mass is 32.2. The van der Waals surface area contributed by atoms with E-state index >= 15 is 0 Å². The van der Waals surface area contributed by atoms with E-state index in [9.17, 15) is 13.2 Å². The summed E-state index contributed by atoms with van der Waals surface area (Å²) in [6.45, 7) is 3.62. The highest BCUT2D eigenvalue weighted by molar-refractivity contribution is 7.89. The summed E-state index contributed by atoms with van der Waals surface area (Å²) in [5.41, 5.74) is 0. The van der Waals surface area contributed by atoms with Gasteiger partial charge in [-0.1, -0.05) is 13.3 Å². The second kappa shape index (κ2) is 8.67. The lowest BCUT2D eigenvalue weighted by molar-refractivity contribution is -0.135. The molecular weight excluding hydrogens is 340 g/mol. The van der Waals surface area contributed by atoms with Gasteiger partial charge in [0.2, 0.25) is 15.9 Å². The van der Waals surface area contributed by atoms with Gasteiger partial charge in [-0.2, -0.15) is 4.31 Å². The quantitative estimate of drug-likeness (QED) is 0.741. The summed E-state index contributed by atoms with van der Waals surface area (Å²) in [5, 5.41) is 0. The third-order valence-electron chi connectivity index (χ3n) is 4.72. The van der Waals surface area contributed by atoms with Crippen LogP contribution in [-0.4, -0.2) is 57.3 Å². The summed E-state index contributed by atoms with van der Waals surface area (Å²) >= 11 is 0. The van der Waals surface area contributed by atoms with Crippen LogP contribution in [0.3, 0.4) is 0 Å². The van der Waals surface area contributed by atoms with E-state index in [1.807, 2.05) is 7.05 Å². The van der Waals surface area contributed by atoms with Gasteiger partial charge in [0, 0.05) is 32.6 Å². The Morgan fingerprint density at radius 1 is 1.24 bits per heavy atom. The van der Waals surface area contributed by atoms with Crippen LogP contribution in [0, 0.1) is 5.92 Å². The number of benzene rings is 1. The summed E-state index contributed by atoms with van der Waals surface area (Å²) < 4.78 is 32.0. The Balaban J connectivity index is 1.97. The first-order valence-electron chi connectivity index (χ1n) is 8.79. The number of ether oxygens (including phenoxy) is 1. The normalized spacial score (nSPS) is 16.6. The number of nitrogens with zero attached hydrogens (tertiary/aromatic N) is 2. The molecule has 0 N–H and O–H groups in total. The number of carbonyl (C=O) groups is 1. The van der Waals surface area contributed by atoms with E-state index in [0.29, 0.717) is 31.7 Å². The Hall–Kier alpha value is -1.60. The number of carbonyl (C=O) groups excluding carboxylic acids is 1. The first-order chi connectivity index (χ1) is 11.9. The summed E-state index contributed by atoms with van der Waals surface area (Å²) in [4.78, 5) is 14.5. The van der Waals surface area contributed by atoms with Gasteiger partial charge in [0.25, 0.3) is 0 Å². The van der Waals surface area contributed by atoms with Gasteiger partial charge >= 0.3 is 0 Å². The minimum Gasteiger partial charge on any atom is -0.497 e. The van der Waals surface area contributed by atoms with Crippen molar-refractivity contribution in [3.63, 3.8) is 0 Å². The third kappa shape index (κ3) is 4.73. The predicted molar refractivity (Wildman–Crippen MR) is 97.0 cm³/mol. The Bertz CT molecular complexity index is 665. The molecule has 1 aromatic rings. The fourth-order valence-corrected chi connectivity index (χ4v) is 4.53. The fourth-order valence-electron chi connectivity index (χ4n) is 3.06. The Morgan fingerprint density at radius 2 is 1.84 bits per heavy atom. The van der Waals surface area contributed by atoms with Gasteiger partial charge in [0.15, 0.2) is 0 Å². The van der Waals surface area contributed by atoms with Crippen LogP contribution in [0.4, 0.5) is 0 Å². The Labute approximate surface area is 150 Å². The molecule has 0 aromatic heterocycles. The minimum atomic E-state index is -3.52. The molecule has 0 radical (unpaired) electrons. The average molecular weight is 368 g/mol. The number of amides is 1. The van der Waals surface area contributed by atoms with Gasteiger partial charge in [-0.25, -0.2) is 8.42 Å². The molecule has 1 saturated heterocycles. The van der Waals surface area contributed by atoms with Crippen LogP contribution in [0.25, 0.3) is 0 Å². The molecule has 1 amide bonds. The van der Waals surface area contributed by atoms with Crippen molar-refractivity contribution in [1.29, 1.82) is 0 Å². The summed E-state index contributed by atoms with van der Waals surface area (Å²) in [6, 6.07) is 6.41. The van der Waals surface area contributed by atoms with E-state index < -0.39 is 10.0 Å². The van der Waals surface area contributed by atoms with E-state index in [4.69, 9.17) is 4.74 Å². The largest absolute Gasteiger partial charge is 0.497 e. The van der Waals surface area contributed by atoms with E-state index in [-0.39, 0.29) is 16.7 Å². The van der Waals surface area contributed by atoms with Gasteiger partial charge < -0.3 is 9.64 Å². The topological polar surface area (TPSA) is 66.9 Å². The number of piperidine rings is 1. The van der Waals surface area contributed by atoms with E-state index in [0.717, 1.165) is 19.4 Å². The standard InChI is InChI=1S/C18H28N2O4S/c1-4-5-12-19(2)18(21)15-10-13-20(14-11-15)25(22,23)17-8-6-16(24-3)7-9-17/h6-9,15H,4-5,10-14H2,1-3H3. The van der Waals surface area contributed by atoms with Crippen molar-refractivity contribution in [3.05, 3.63) is 24.3 Å². The van der Waals surface area contributed by atoms with Crippen LogP contribution in [0.1, 0.15) is 32.6 Å². The summed E-state index contributed by atoms with van der Waals surface area (Å²) in [5.74, 6) is 0.678. The zero-order valence-corrected chi connectivity index (χ0v) is 16.1. The molecule has 1 aromatic carbocycles. The number of unbranched alkanes of at least 4 members (excludes halogenated alkanes) is 1. The second-order valence-electron chi connectivity index (χ2n) is 6.47. The number of hydrogen-bond donors (Lipinski definition) is 0. The lowest BCUT2D eigenvalue weighted by Crippen LogP contribution is -2.43. The third-order valence-corrected chi connectivity index (χ3v) is 6.64. The molecule has 7 heteroatoms. The van der Waals surface area contributed by atoms with Crippen LogP contribution in [0.15, 0.2) is 29.2 Å². The van der Waals surface area contributed by atoms with Gasteiger partial charge in [0.1, 0.15) is 5.75 Å². The smallest absolute Gasteiger partial charge is 0.243 e. The first-order valence-corrected chi connectivity index (χ1v) is 10.2. The minimum absolute atomic E-state index is 0.0795. The zero-order valence-electron chi connectivity index (χ0n) is 15.3. The van der Waals surface area contributed by atoms with Crippen molar-refractivity contribution in [1.82, 2.24) is 9.21 Å². The van der Waals surface area contributed by atoms with Crippen LogP contribution in [0.2, 0.25) is 0 Å². The Morgan fingerprint density at radius 3 is 2.36 bits per heavy atom. The molecule has 0 atom stereocenters. The molecule has 25 heavy (non-hydrogen) atoms. The van der Waals surface area contributed by atoms with Gasteiger partial charge in [-0.05, 0) is 43.5 Å². The number of sulfonamides is 1. The van der Waals surface area contributed by atoms with Crippen molar-refractivity contribution in [2.45, 2.75) is 37.5 Å². The van der Waals surface area contributed by atoms with Crippen molar-refractivity contribution in [2.24, 2.45) is 5.92 Å². The molecular formula is C18H28N2O4S. The molecule has 140 valence electrons. The van der Waals surface area contributed by atoms with E-state index in [2.05, 4.69) is 6.92 Å². The van der Waals surface area contributed by atoms with Crippen LogP contribution in [0.5, 0.6) is 5.75 Å². The van der Waals surface area contributed by atoms with Crippen molar-refractivity contribution >= 4 is 15.9 Å². The molecule has 0 unspecified atom stereocenters. The predicted octanol–water partition coefficient (Wildman–Crippen LogP) is 2.35. The molecule has 0 aliphatic carbocycles. The highest BCUT2D eigenvalue weighted by Crippen LogP contribution is 2.26. The van der Waals surface area contributed by atoms with E-state index in [1.165, 1.54) is 4.31 Å². The molecule has 6 nitrogen and oxygen atoms in total. The van der Waals surface area contributed by atoms with Crippen molar-refractivity contribution in [2.75, 3.05) is 33.8 Å².